The quantitative estimate of drug-likeness (QED) is 0.112. The van der Waals surface area contributed by atoms with Crippen LogP contribution in [0.15, 0.2) is 12.5 Å². The molecule has 1 rings (SSSR count). The van der Waals surface area contributed by atoms with Crippen molar-refractivity contribution in [2.24, 2.45) is 5.73 Å². The minimum Gasteiger partial charge on any atom is -0.481 e. The second-order valence-electron chi connectivity index (χ2n) is 7.20. The van der Waals surface area contributed by atoms with Crippen LogP contribution in [0.25, 0.3) is 0 Å². The fourth-order valence-electron chi connectivity index (χ4n) is 2.69. The zero-order valence-corrected chi connectivity index (χ0v) is 18.0. The Morgan fingerprint density at radius 1 is 0.771 bits per heavy atom. The molecule has 0 saturated carbocycles. The summed E-state index contributed by atoms with van der Waals surface area (Å²) in [4.78, 5) is 88.0. The van der Waals surface area contributed by atoms with Crippen LogP contribution in [0.4, 0.5) is 0 Å². The van der Waals surface area contributed by atoms with Crippen LogP contribution >= 0.6 is 0 Å². The van der Waals surface area contributed by atoms with Gasteiger partial charge in [-0.05, 0) is 0 Å². The van der Waals surface area contributed by atoms with Gasteiger partial charge in [-0.2, -0.15) is 0 Å². The van der Waals surface area contributed by atoms with E-state index in [4.69, 9.17) is 21.1 Å². The summed E-state index contributed by atoms with van der Waals surface area (Å²) in [5.41, 5.74) is 5.71. The summed E-state index contributed by atoms with van der Waals surface area (Å²) in [5, 5.41) is 42.1. The van der Waals surface area contributed by atoms with E-state index >= 15 is 0 Å². The third-order valence-corrected chi connectivity index (χ3v) is 4.35. The zero-order chi connectivity index (χ0) is 26.7. The summed E-state index contributed by atoms with van der Waals surface area (Å²) >= 11 is 0. The molecule has 3 amide bonds. The minimum atomic E-state index is -1.86. The molecule has 0 saturated heterocycles. The number of rotatable bonds is 15. The van der Waals surface area contributed by atoms with Crippen molar-refractivity contribution in [1.29, 1.82) is 0 Å². The van der Waals surface area contributed by atoms with Crippen LogP contribution in [-0.4, -0.2) is 96.2 Å². The van der Waals surface area contributed by atoms with Crippen molar-refractivity contribution in [2.75, 3.05) is 0 Å². The molecule has 1 aromatic heterocycles. The number of carbonyl (C=O) groups excluding carboxylic acids is 3. The number of hydrogen-bond acceptors (Lipinski definition) is 9. The number of nitrogens with zero attached hydrogens (tertiary/aromatic N) is 1. The zero-order valence-electron chi connectivity index (χ0n) is 18.0. The topological polar surface area (TPSA) is 291 Å². The second-order valence-corrected chi connectivity index (χ2v) is 7.20. The normalized spacial score (nSPS) is 14.0. The Labute approximate surface area is 196 Å². The number of aromatic nitrogens is 2. The van der Waals surface area contributed by atoms with E-state index in [1.807, 2.05) is 10.6 Å². The highest BCUT2D eigenvalue weighted by Crippen LogP contribution is 2.03. The van der Waals surface area contributed by atoms with E-state index in [0.717, 1.165) is 0 Å². The molecule has 0 bridgehead atoms. The molecule has 17 nitrogen and oxygen atoms in total. The van der Waals surface area contributed by atoms with Crippen molar-refractivity contribution in [2.45, 2.75) is 49.9 Å². The number of H-pyrrole nitrogens is 1. The van der Waals surface area contributed by atoms with Crippen molar-refractivity contribution in [3.8, 4) is 0 Å². The largest absolute Gasteiger partial charge is 0.481 e. The molecule has 192 valence electrons. The Kier molecular flexibility index (Phi) is 10.8. The van der Waals surface area contributed by atoms with Gasteiger partial charge in [-0.3, -0.25) is 28.8 Å². The summed E-state index contributed by atoms with van der Waals surface area (Å²) in [6.07, 6.45) is -0.551. The second kappa shape index (κ2) is 13.2. The molecule has 0 fully saturated rings. The Balaban J connectivity index is 3.00. The SMILES string of the molecule is NC(CC(=O)O)C(=O)NC(CC(=O)O)C(=O)NC(CC(=O)O)C(=O)NC(Cc1cnc[nH]1)C(=O)O. The van der Waals surface area contributed by atoms with E-state index in [0.29, 0.717) is 5.69 Å². The third-order valence-electron chi connectivity index (χ3n) is 4.35. The molecule has 17 heteroatoms. The smallest absolute Gasteiger partial charge is 0.326 e. The average molecular weight is 500 g/mol. The summed E-state index contributed by atoms with van der Waals surface area (Å²) < 4.78 is 0. The van der Waals surface area contributed by atoms with Crippen LogP contribution in [-0.2, 0) is 40.0 Å². The number of amides is 3. The van der Waals surface area contributed by atoms with E-state index in [9.17, 15) is 38.7 Å². The predicted molar refractivity (Wildman–Crippen MR) is 110 cm³/mol. The average Bonchev–Trinajstić information content (AvgIpc) is 3.24. The highest BCUT2D eigenvalue weighted by atomic mass is 16.4. The first-order valence-electron chi connectivity index (χ1n) is 9.82. The predicted octanol–water partition coefficient (Wildman–Crippen LogP) is -3.76. The standard InChI is InChI=1S/C18H24N6O11/c19-8(2-12(25)26)15(31)22-9(3-13(27)28)16(32)23-10(4-14(29)30)17(33)24-11(18(34)35)1-7-5-20-6-21-7/h5-6,8-11H,1-4,19H2,(H,20,21)(H,22,31)(H,23,32)(H,24,33)(H,25,26)(H,27,28)(H,29,30)(H,34,35). The maximum absolute atomic E-state index is 12.6. The number of imidazole rings is 1. The van der Waals surface area contributed by atoms with Gasteiger partial charge < -0.3 is 47.1 Å². The fourth-order valence-corrected chi connectivity index (χ4v) is 2.69. The molecule has 10 N–H and O–H groups in total. The number of carboxylic acid groups (broad SMARTS) is 4. The molecule has 4 unspecified atom stereocenters. The Morgan fingerprint density at radius 2 is 1.23 bits per heavy atom. The van der Waals surface area contributed by atoms with Crippen molar-refractivity contribution in [1.82, 2.24) is 25.9 Å². The Hall–Kier alpha value is -4.54. The summed E-state index contributed by atoms with van der Waals surface area (Å²) in [6, 6.07) is -6.89. The van der Waals surface area contributed by atoms with Crippen molar-refractivity contribution in [3.05, 3.63) is 18.2 Å². The molecule has 0 aliphatic carbocycles. The minimum absolute atomic E-state index is 0.256. The van der Waals surface area contributed by atoms with Crippen molar-refractivity contribution in [3.63, 3.8) is 0 Å². The fraction of sp³-hybridized carbons (Fsp3) is 0.444. The van der Waals surface area contributed by atoms with Crippen LogP contribution < -0.4 is 21.7 Å². The van der Waals surface area contributed by atoms with Gasteiger partial charge in [0.15, 0.2) is 0 Å². The third kappa shape index (κ3) is 10.3. The van der Waals surface area contributed by atoms with Crippen LogP contribution in [0.3, 0.4) is 0 Å². The molecule has 1 aromatic rings. The summed E-state index contributed by atoms with van der Waals surface area (Å²) in [5.74, 6) is -9.74. The highest BCUT2D eigenvalue weighted by Gasteiger charge is 2.33. The summed E-state index contributed by atoms with van der Waals surface area (Å²) in [6.45, 7) is 0. The molecular formula is C18H24N6O11. The number of nitrogens with two attached hydrogens (primary N) is 1. The number of carbonyl (C=O) groups is 7. The van der Waals surface area contributed by atoms with Crippen LogP contribution in [0.1, 0.15) is 25.0 Å². The first-order chi connectivity index (χ1) is 16.3. The molecule has 0 spiro atoms. The molecule has 1 heterocycles. The number of aromatic amines is 1. The first kappa shape index (κ1) is 28.5. The monoisotopic (exact) mass is 500 g/mol. The maximum Gasteiger partial charge on any atom is 0.326 e. The van der Waals surface area contributed by atoms with Crippen LogP contribution in [0.5, 0.6) is 0 Å². The molecule has 0 aliphatic rings. The van der Waals surface area contributed by atoms with Crippen molar-refractivity contribution >= 4 is 41.6 Å². The first-order valence-corrected chi connectivity index (χ1v) is 9.82. The van der Waals surface area contributed by atoms with E-state index in [1.165, 1.54) is 12.5 Å². The Morgan fingerprint density at radius 3 is 1.63 bits per heavy atom. The highest BCUT2D eigenvalue weighted by molar-refractivity contribution is 5.97. The van der Waals surface area contributed by atoms with Gasteiger partial charge in [0.05, 0.1) is 31.6 Å². The molecule has 35 heavy (non-hydrogen) atoms. The van der Waals surface area contributed by atoms with Crippen LogP contribution in [0, 0.1) is 0 Å². The molecule has 4 atom stereocenters. The number of carboxylic acids is 4. The van der Waals surface area contributed by atoms with Gasteiger partial charge in [0.2, 0.25) is 17.7 Å². The number of nitrogens with one attached hydrogen (secondary N) is 4. The lowest BCUT2D eigenvalue weighted by molar-refractivity contribution is -0.145. The van der Waals surface area contributed by atoms with E-state index in [-0.39, 0.29) is 6.42 Å². The van der Waals surface area contributed by atoms with E-state index in [2.05, 4.69) is 15.3 Å². The maximum atomic E-state index is 12.6. The van der Waals surface area contributed by atoms with Gasteiger partial charge in [-0.25, -0.2) is 9.78 Å². The number of aliphatic carboxylic acids is 4. The van der Waals surface area contributed by atoms with Crippen LogP contribution in [0.2, 0.25) is 0 Å². The van der Waals surface area contributed by atoms with Crippen molar-refractivity contribution < 1.29 is 54.0 Å². The lowest BCUT2D eigenvalue weighted by Crippen LogP contribution is -2.58. The molecule has 0 aliphatic heterocycles. The van der Waals surface area contributed by atoms with Gasteiger partial charge in [0.1, 0.15) is 18.1 Å². The molecule has 0 radical (unpaired) electrons. The summed E-state index contributed by atoms with van der Waals surface area (Å²) in [7, 11) is 0. The number of hydrogen-bond donors (Lipinski definition) is 9. The molecular weight excluding hydrogens is 476 g/mol. The van der Waals surface area contributed by atoms with E-state index in [1.54, 1.807) is 0 Å². The van der Waals surface area contributed by atoms with Gasteiger partial charge in [-0.1, -0.05) is 0 Å². The van der Waals surface area contributed by atoms with Gasteiger partial charge in [0, 0.05) is 18.3 Å². The van der Waals surface area contributed by atoms with Gasteiger partial charge in [-0.15, -0.1) is 0 Å². The lowest BCUT2D eigenvalue weighted by Gasteiger charge is -2.23. The molecule has 0 aromatic carbocycles. The van der Waals surface area contributed by atoms with Gasteiger partial charge in [0.25, 0.3) is 0 Å². The lowest BCUT2D eigenvalue weighted by atomic mass is 10.1. The Bertz CT molecular complexity index is 964. The van der Waals surface area contributed by atoms with Gasteiger partial charge >= 0.3 is 23.9 Å². The van der Waals surface area contributed by atoms with E-state index < -0.39 is 85.0 Å².